The summed E-state index contributed by atoms with van der Waals surface area (Å²) in [6.07, 6.45) is 7.40. The highest BCUT2D eigenvalue weighted by molar-refractivity contribution is 6.01. The van der Waals surface area contributed by atoms with Crippen LogP contribution in [-0.4, -0.2) is 71.8 Å². The topological polar surface area (TPSA) is 151 Å². The fraction of sp³-hybridized carbons (Fsp3) is 0.765. The monoisotopic (exact) mass is 845 g/mol. The number of methoxy groups -OCH3 is 1. The molecule has 5 saturated carbocycles. The van der Waals surface area contributed by atoms with Gasteiger partial charge >= 0.3 is 11.9 Å². The molecule has 7 rings (SSSR count). The number of allylic oxidation sites excluding steroid dienone is 1. The second-order valence-electron chi connectivity index (χ2n) is 23.4. The minimum absolute atomic E-state index is 0.0186. The summed E-state index contributed by atoms with van der Waals surface area (Å²) in [5.41, 5.74) is 0.694. The van der Waals surface area contributed by atoms with Crippen molar-refractivity contribution in [2.45, 2.75) is 158 Å². The van der Waals surface area contributed by atoms with Gasteiger partial charge in [0.15, 0.2) is 5.78 Å². The molecule has 1 aromatic rings. The summed E-state index contributed by atoms with van der Waals surface area (Å²) < 4.78 is 11.7. The van der Waals surface area contributed by atoms with Gasteiger partial charge in [0.2, 0.25) is 0 Å². The fourth-order valence-electron chi connectivity index (χ4n) is 15.1. The average molecular weight is 845 g/mol. The number of amides is 1. The molecule has 0 bridgehead atoms. The predicted molar refractivity (Wildman–Crippen MR) is 236 cm³/mol. The van der Waals surface area contributed by atoms with Gasteiger partial charge in [-0.25, -0.2) is 0 Å². The highest BCUT2D eigenvalue weighted by atomic mass is 16.5. The summed E-state index contributed by atoms with van der Waals surface area (Å²) in [5, 5.41) is 28.7. The second kappa shape index (κ2) is 15.5. The van der Waals surface area contributed by atoms with Crippen LogP contribution in [0.5, 0.6) is 5.75 Å². The maximum absolute atomic E-state index is 14.2. The summed E-state index contributed by atoms with van der Waals surface area (Å²) in [4.78, 5) is 52.8. The van der Waals surface area contributed by atoms with E-state index in [-0.39, 0.29) is 57.3 Å². The van der Waals surface area contributed by atoms with Crippen LogP contribution in [0.2, 0.25) is 0 Å². The van der Waals surface area contributed by atoms with E-state index in [9.17, 15) is 29.4 Å². The number of nitrogens with one attached hydrogen (secondary N) is 2. The number of ether oxygens (including phenoxy) is 2. The van der Waals surface area contributed by atoms with Crippen LogP contribution < -0.4 is 15.4 Å². The fourth-order valence-corrected chi connectivity index (χ4v) is 15.1. The normalized spacial score (nSPS) is 38.0. The SMILES string of the molecule is COc1ccc(C(=O)NC(C)(C)CNC[C@H](O)[C@@]23CC[C@]4(C)[C@H](CC[C@@H]5[C@@]6(C)CC[C@H](OC(=O)[C@H]7C[C@@H](C(=O)O)C7(C)C)C(C)(C)[C@@H]6CC[C@]54C)C2=C(C(C)C)C(=O)C3)cc1. The molecular weight excluding hydrogens is 769 g/mol. The van der Waals surface area contributed by atoms with Gasteiger partial charge in [0.1, 0.15) is 11.9 Å². The number of fused-ring (bicyclic) bond motifs is 7. The number of hydrogen-bond acceptors (Lipinski definition) is 8. The van der Waals surface area contributed by atoms with E-state index in [1.807, 2.05) is 27.7 Å². The molecule has 11 atom stereocenters. The number of rotatable bonds is 12. The van der Waals surface area contributed by atoms with E-state index in [2.05, 4.69) is 59.1 Å². The zero-order valence-electron chi connectivity index (χ0n) is 39.3. The van der Waals surface area contributed by atoms with Crippen molar-refractivity contribution >= 4 is 23.6 Å². The first-order chi connectivity index (χ1) is 28.3. The lowest BCUT2D eigenvalue weighted by Crippen LogP contribution is -2.66. The van der Waals surface area contributed by atoms with Crippen molar-refractivity contribution in [2.75, 3.05) is 20.2 Å². The van der Waals surface area contributed by atoms with Crippen molar-refractivity contribution in [3.05, 3.63) is 41.0 Å². The standard InChI is InChI=1S/C51H76N2O8/c1-29(2)40-35(54)26-51(38(55)27-52-28-45(3,4)53-42(56)30-13-15-31(60-12)16-14-30)24-23-49(10)32(41(40)51)17-18-37-48(9)21-20-39(47(7,8)36(48)19-22-50(37,49)11)61-44(59)34-25-33(43(57)58)46(34,5)6/h13-16,29,32-34,36-39,52,55H,17-28H2,1-12H3,(H,53,56)(H,57,58)/t32-,33+,34-,36+,37-,38+,39+,48+,49-,50-,51+/m1/s1. The number of carbonyl (C=O) groups is 4. The number of aliphatic hydroxyl groups is 1. The number of hydrogen-bond donors (Lipinski definition) is 4. The van der Waals surface area contributed by atoms with Gasteiger partial charge in [-0.3, -0.25) is 19.2 Å². The van der Waals surface area contributed by atoms with E-state index >= 15 is 0 Å². The highest BCUT2D eigenvalue weighted by Crippen LogP contribution is 2.77. The lowest BCUT2D eigenvalue weighted by molar-refractivity contribution is -0.238. The Kier molecular flexibility index (Phi) is 11.6. The number of benzene rings is 1. The van der Waals surface area contributed by atoms with E-state index < -0.39 is 40.3 Å². The third-order valence-electron chi connectivity index (χ3n) is 18.9. The van der Waals surface area contributed by atoms with Gasteiger partial charge in [-0.1, -0.05) is 67.9 Å². The Balaban J connectivity index is 1.08. The number of Topliss-reactive ketones (excluding diaryl/α,β-unsaturated/α-hetero) is 1. The van der Waals surface area contributed by atoms with Crippen LogP contribution in [0, 0.1) is 68.0 Å². The molecule has 5 fully saturated rings. The maximum Gasteiger partial charge on any atom is 0.309 e. The van der Waals surface area contributed by atoms with E-state index in [0.29, 0.717) is 49.1 Å². The van der Waals surface area contributed by atoms with Crippen molar-refractivity contribution in [1.82, 2.24) is 10.6 Å². The number of aliphatic carboxylic acids is 1. The summed E-state index contributed by atoms with van der Waals surface area (Å²) in [5.74, 6) is -0.183. The van der Waals surface area contributed by atoms with Gasteiger partial charge in [0.25, 0.3) is 5.91 Å². The number of ketones is 1. The van der Waals surface area contributed by atoms with Gasteiger partial charge in [-0.15, -0.1) is 0 Å². The summed E-state index contributed by atoms with van der Waals surface area (Å²) in [6, 6.07) is 7.04. The molecular formula is C51H76N2O8. The third kappa shape index (κ3) is 7.11. The lowest BCUT2D eigenvalue weighted by Gasteiger charge is -2.72. The molecule has 1 aromatic carbocycles. The molecule has 6 aliphatic carbocycles. The molecule has 61 heavy (non-hydrogen) atoms. The third-order valence-corrected chi connectivity index (χ3v) is 18.9. The maximum atomic E-state index is 14.2. The zero-order chi connectivity index (χ0) is 44.9. The Bertz CT molecular complexity index is 1950. The Morgan fingerprint density at radius 1 is 0.852 bits per heavy atom. The second-order valence-corrected chi connectivity index (χ2v) is 23.4. The van der Waals surface area contributed by atoms with Gasteiger partial charge in [-0.05, 0) is 147 Å². The Labute approximate surface area is 365 Å². The lowest BCUT2D eigenvalue weighted by atomic mass is 9.33. The quantitative estimate of drug-likeness (QED) is 0.151. The summed E-state index contributed by atoms with van der Waals surface area (Å²) in [7, 11) is 1.60. The van der Waals surface area contributed by atoms with Crippen molar-refractivity contribution in [3.63, 3.8) is 0 Å². The average Bonchev–Trinajstić information content (AvgIpc) is 3.48. The Hall–Kier alpha value is -3.24. The van der Waals surface area contributed by atoms with Crippen molar-refractivity contribution in [2.24, 2.45) is 68.0 Å². The van der Waals surface area contributed by atoms with E-state index in [4.69, 9.17) is 9.47 Å². The van der Waals surface area contributed by atoms with E-state index in [1.54, 1.807) is 31.4 Å². The molecule has 4 N–H and O–H groups in total. The molecule has 10 heteroatoms. The first kappa shape index (κ1) is 45.8. The van der Waals surface area contributed by atoms with Crippen LogP contribution in [0.3, 0.4) is 0 Å². The largest absolute Gasteiger partial charge is 0.497 e. The summed E-state index contributed by atoms with van der Waals surface area (Å²) in [6.45, 7) is 25.0. The molecule has 0 spiro atoms. The molecule has 6 aliphatic rings. The number of carbonyl (C=O) groups excluding carboxylic acids is 3. The molecule has 0 unspecified atom stereocenters. The highest BCUT2D eigenvalue weighted by Gasteiger charge is 2.71. The van der Waals surface area contributed by atoms with Gasteiger partial charge < -0.3 is 30.3 Å². The first-order valence-electron chi connectivity index (χ1n) is 23.4. The van der Waals surface area contributed by atoms with Crippen LogP contribution in [0.25, 0.3) is 0 Å². The number of carboxylic acid groups (broad SMARTS) is 1. The number of aliphatic hydroxyl groups excluding tert-OH is 1. The zero-order valence-corrected chi connectivity index (χ0v) is 39.3. The molecule has 0 radical (unpaired) electrons. The van der Waals surface area contributed by atoms with Gasteiger partial charge in [-0.2, -0.15) is 0 Å². The van der Waals surface area contributed by atoms with Crippen LogP contribution in [0.1, 0.15) is 151 Å². The minimum atomic E-state index is -0.839. The first-order valence-corrected chi connectivity index (χ1v) is 23.4. The van der Waals surface area contributed by atoms with Gasteiger partial charge in [0.05, 0.1) is 25.0 Å². The van der Waals surface area contributed by atoms with Crippen molar-refractivity contribution in [1.29, 1.82) is 0 Å². The number of carboxylic acids is 1. The van der Waals surface area contributed by atoms with Crippen molar-refractivity contribution < 1.29 is 38.9 Å². The van der Waals surface area contributed by atoms with Crippen LogP contribution in [0.15, 0.2) is 35.4 Å². The molecule has 1 amide bonds. The molecule has 0 aromatic heterocycles. The summed E-state index contributed by atoms with van der Waals surface area (Å²) >= 11 is 0. The number of esters is 1. The molecule has 0 aliphatic heterocycles. The van der Waals surface area contributed by atoms with E-state index in [1.165, 1.54) is 5.57 Å². The smallest absolute Gasteiger partial charge is 0.309 e. The van der Waals surface area contributed by atoms with Crippen LogP contribution >= 0.6 is 0 Å². The Morgan fingerprint density at radius 2 is 1.52 bits per heavy atom. The van der Waals surface area contributed by atoms with Gasteiger partial charge in [0, 0.05) is 41.4 Å². The molecule has 10 nitrogen and oxygen atoms in total. The van der Waals surface area contributed by atoms with Crippen LogP contribution in [0.4, 0.5) is 0 Å². The van der Waals surface area contributed by atoms with Crippen molar-refractivity contribution in [3.8, 4) is 5.75 Å². The molecule has 338 valence electrons. The molecule has 0 heterocycles. The van der Waals surface area contributed by atoms with E-state index in [0.717, 1.165) is 56.9 Å². The molecule has 0 saturated heterocycles. The predicted octanol–water partition coefficient (Wildman–Crippen LogP) is 8.79. The Morgan fingerprint density at radius 3 is 2.13 bits per heavy atom. The van der Waals surface area contributed by atoms with Crippen LogP contribution in [-0.2, 0) is 19.1 Å². The minimum Gasteiger partial charge on any atom is -0.497 e.